The number of anilines is 1. The molecule has 0 spiro atoms. The van der Waals surface area contributed by atoms with Gasteiger partial charge in [-0.3, -0.25) is 4.79 Å². The van der Waals surface area contributed by atoms with Crippen LogP contribution in [0.1, 0.15) is 12.7 Å². The Morgan fingerprint density at radius 3 is 2.85 bits per heavy atom. The molecule has 100 valence electrons. The van der Waals surface area contributed by atoms with Gasteiger partial charge in [0, 0.05) is 5.02 Å². The molecule has 3 rings (SSSR count). The molecule has 0 unspecified atom stereocenters. The zero-order chi connectivity index (χ0) is 14.1. The number of carbonyl (C=O) groups excluding carboxylic acids is 1. The van der Waals surface area contributed by atoms with Gasteiger partial charge < -0.3 is 4.42 Å². The van der Waals surface area contributed by atoms with Crippen LogP contribution in [0, 0.1) is 0 Å². The smallest absolute Gasteiger partial charge is 0.280 e. The van der Waals surface area contributed by atoms with E-state index in [1.807, 2.05) is 0 Å². The van der Waals surface area contributed by atoms with Crippen LogP contribution < -0.4 is 5.01 Å². The molecule has 1 aliphatic rings. The lowest BCUT2D eigenvalue weighted by Crippen LogP contribution is -2.21. The van der Waals surface area contributed by atoms with Crippen LogP contribution in [0.5, 0.6) is 0 Å². The molecular formula is C15H11ClN2O2. The summed E-state index contributed by atoms with van der Waals surface area (Å²) in [7, 11) is 0. The topological polar surface area (TPSA) is 45.8 Å². The minimum absolute atomic E-state index is 0.193. The van der Waals surface area contributed by atoms with Crippen molar-refractivity contribution in [2.45, 2.75) is 6.92 Å². The first kappa shape index (κ1) is 12.7. The molecule has 2 heterocycles. The molecular weight excluding hydrogens is 276 g/mol. The highest BCUT2D eigenvalue weighted by molar-refractivity contribution is 6.33. The lowest BCUT2D eigenvalue weighted by atomic mass is 10.1. The molecule has 0 atom stereocenters. The quantitative estimate of drug-likeness (QED) is 0.790. The normalized spacial score (nSPS) is 16.9. The summed E-state index contributed by atoms with van der Waals surface area (Å²) < 4.78 is 5.23. The summed E-state index contributed by atoms with van der Waals surface area (Å²) in [5.74, 6) is 0.428. The van der Waals surface area contributed by atoms with Gasteiger partial charge in [0.15, 0.2) is 0 Å². The Balaban J connectivity index is 1.97. The maximum absolute atomic E-state index is 12.4. The number of rotatable bonds is 2. The fourth-order valence-corrected chi connectivity index (χ4v) is 2.17. The zero-order valence-corrected chi connectivity index (χ0v) is 11.5. The van der Waals surface area contributed by atoms with Gasteiger partial charge >= 0.3 is 0 Å². The second-order valence-corrected chi connectivity index (χ2v) is 4.79. The van der Waals surface area contributed by atoms with E-state index in [-0.39, 0.29) is 5.91 Å². The van der Waals surface area contributed by atoms with Crippen LogP contribution in [0.2, 0.25) is 5.02 Å². The van der Waals surface area contributed by atoms with E-state index in [1.54, 1.807) is 55.7 Å². The molecule has 1 aromatic carbocycles. The monoisotopic (exact) mass is 286 g/mol. The van der Waals surface area contributed by atoms with Crippen molar-refractivity contribution in [1.29, 1.82) is 0 Å². The third kappa shape index (κ3) is 2.26. The van der Waals surface area contributed by atoms with Crippen LogP contribution in [-0.2, 0) is 4.79 Å². The van der Waals surface area contributed by atoms with E-state index in [2.05, 4.69) is 5.10 Å². The van der Waals surface area contributed by atoms with Crippen molar-refractivity contribution >= 4 is 35.0 Å². The van der Waals surface area contributed by atoms with Gasteiger partial charge in [-0.05, 0) is 43.3 Å². The molecule has 1 amide bonds. The van der Waals surface area contributed by atoms with Crippen molar-refractivity contribution < 1.29 is 9.21 Å². The number of benzene rings is 1. The van der Waals surface area contributed by atoms with E-state index in [0.29, 0.717) is 27.8 Å². The number of carbonyl (C=O) groups is 1. The second kappa shape index (κ2) is 4.98. The minimum atomic E-state index is -0.193. The Morgan fingerprint density at radius 1 is 1.30 bits per heavy atom. The number of nitrogens with zero attached hydrogens (tertiary/aromatic N) is 2. The average Bonchev–Trinajstić information content (AvgIpc) is 3.02. The highest BCUT2D eigenvalue weighted by Gasteiger charge is 2.28. The molecule has 0 fully saturated rings. The van der Waals surface area contributed by atoms with E-state index in [9.17, 15) is 4.79 Å². The number of hydrogen-bond donors (Lipinski definition) is 0. The first-order valence-corrected chi connectivity index (χ1v) is 6.44. The van der Waals surface area contributed by atoms with Crippen LogP contribution in [-0.4, -0.2) is 11.6 Å². The van der Waals surface area contributed by atoms with Gasteiger partial charge in [-0.25, -0.2) is 0 Å². The zero-order valence-electron chi connectivity index (χ0n) is 10.7. The van der Waals surface area contributed by atoms with Gasteiger partial charge in [0.1, 0.15) is 5.76 Å². The second-order valence-electron chi connectivity index (χ2n) is 4.36. The Labute approximate surface area is 121 Å². The van der Waals surface area contributed by atoms with Crippen LogP contribution in [0.25, 0.3) is 6.08 Å². The highest BCUT2D eigenvalue weighted by Crippen LogP contribution is 2.26. The third-order valence-electron chi connectivity index (χ3n) is 2.95. The van der Waals surface area contributed by atoms with Crippen molar-refractivity contribution in [1.82, 2.24) is 0 Å². The van der Waals surface area contributed by atoms with Gasteiger partial charge in [-0.2, -0.15) is 10.1 Å². The number of amides is 1. The fourth-order valence-electron chi connectivity index (χ4n) is 1.98. The SMILES string of the molecule is CC1=NN(c2cccc(Cl)c2)C(=O)/C1=C\c1ccco1. The Bertz CT molecular complexity index is 717. The summed E-state index contributed by atoms with van der Waals surface area (Å²) in [5.41, 5.74) is 1.80. The molecule has 5 heteroatoms. The summed E-state index contributed by atoms with van der Waals surface area (Å²) in [4.78, 5) is 12.4. The molecule has 0 aliphatic carbocycles. The average molecular weight is 287 g/mol. The molecule has 20 heavy (non-hydrogen) atoms. The Morgan fingerprint density at radius 2 is 2.15 bits per heavy atom. The van der Waals surface area contributed by atoms with Crippen LogP contribution in [0.3, 0.4) is 0 Å². The third-order valence-corrected chi connectivity index (χ3v) is 3.18. The predicted molar refractivity (Wildman–Crippen MR) is 78.7 cm³/mol. The molecule has 1 aliphatic heterocycles. The summed E-state index contributed by atoms with van der Waals surface area (Å²) in [6, 6.07) is 10.6. The fraction of sp³-hybridized carbons (Fsp3) is 0.0667. The first-order valence-electron chi connectivity index (χ1n) is 6.06. The minimum Gasteiger partial charge on any atom is -0.465 e. The van der Waals surface area contributed by atoms with Crippen molar-refractivity contribution in [3.8, 4) is 0 Å². The van der Waals surface area contributed by atoms with E-state index >= 15 is 0 Å². The molecule has 0 saturated heterocycles. The van der Waals surface area contributed by atoms with Crippen molar-refractivity contribution in [2.75, 3.05) is 5.01 Å². The summed E-state index contributed by atoms with van der Waals surface area (Å²) >= 11 is 5.94. The van der Waals surface area contributed by atoms with Gasteiger partial charge in [0.2, 0.25) is 0 Å². The molecule has 2 aromatic rings. The molecule has 0 radical (unpaired) electrons. The highest BCUT2D eigenvalue weighted by atomic mass is 35.5. The first-order chi connectivity index (χ1) is 9.65. The number of hydrazone groups is 1. The van der Waals surface area contributed by atoms with Crippen LogP contribution in [0.4, 0.5) is 5.69 Å². The van der Waals surface area contributed by atoms with E-state index in [4.69, 9.17) is 16.0 Å². The van der Waals surface area contributed by atoms with Crippen molar-refractivity contribution in [2.24, 2.45) is 5.10 Å². The lowest BCUT2D eigenvalue weighted by Gasteiger charge is -2.11. The molecule has 0 bridgehead atoms. The summed E-state index contributed by atoms with van der Waals surface area (Å²) in [5, 5.41) is 6.18. The Hall–Kier alpha value is -2.33. The summed E-state index contributed by atoms with van der Waals surface area (Å²) in [6.07, 6.45) is 3.25. The van der Waals surface area contributed by atoms with Gasteiger partial charge in [0.05, 0.1) is 23.2 Å². The lowest BCUT2D eigenvalue weighted by molar-refractivity contribution is -0.114. The largest absolute Gasteiger partial charge is 0.465 e. The Kier molecular flexibility index (Phi) is 3.16. The van der Waals surface area contributed by atoms with Crippen molar-refractivity contribution in [3.63, 3.8) is 0 Å². The number of hydrogen-bond acceptors (Lipinski definition) is 3. The predicted octanol–water partition coefficient (Wildman–Crippen LogP) is 3.74. The molecule has 0 saturated carbocycles. The van der Waals surface area contributed by atoms with Crippen LogP contribution in [0.15, 0.2) is 57.8 Å². The van der Waals surface area contributed by atoms with Gasteiger partial charge in [-0.1, -0.05) is 17.7 Å². The van der Waals surface area contributed by atoms with E-state index < -0.39 is 0 Å². The van der Waals surface area contributed by atoms with Crippen molar-refractivity contribution in [3.05, 3.63) is 59.0 Å². The van der Waals surface area contributed by atoms with Crippen LogP contribution >= 0.6 is 11.6 Å². The summed E-state index contributed by atoms with van der Waals surface area (Å²) in [6.45, 7) is 1.79. The molecule has 0 N–H and O–H groups in total. The van der Waals surface area contributed by atoms with E-state index in [1.165, 1.54) is 5.01 Å². The van der Waals surface area contributed by atoms with E-state index in [0.717, 1.165) is 0 Å². The van der Waals surface area contributed by atoms with Gasteiger partial charge in [0.25, 0.3) is 5.91 Å². The number of furan rings is 1. The van der Waals surface area contributed by atoms with Gasteiger partial charge in [-0.15, -0.1) is 0 Å². The molecule has 1 aromatic heterocycles. The number of halogens is 1. The maximum Gasteiger partial charge on any atom is 0.280 e. The molecule has 4 nitrogen and oxygen atoms in total. The standard InChI is InChI=1S/C15H11ClN2O2/c1-10-14(9-13-6-3-7-20-13)15(19)18(17-10)12-5-2-4-11(16)8-12/h2-9H,1H3/b14-9-. The maximum atomic E-state index is 12.4.